The van der Waals surface area contributed by atoms with Crippen LogP contribution in [0.1, 0.15) is 65.2 Å². The minimum atomic E-state index is 0. The molecule has 1 rings (SSSR count). The molecule has 1 amide bonds. The fourth-order valence-electron chi connectivity index (χ4n) is 3.34. The van der Waals surface area contributed by atoms with Crippen molar-refractivity contribution in [3.05, 3.63) is 12.7 Å². The van der Waals surface area contributed by atoms with Crippen LogP contribution in [0.4, 0.5) is 0 Å². The normalized spacial score (nSPS) is 15.6. The van der Waals surface area contributed by atoms with Crippen molar-refractivity contribution < 1.29 is 4.79 Å². The van der Waals surface area contributed by atoms with Crippen LogP contribution in [0.15, 0.2) is 17.6 Å². The van der Waals surface area contributed by atoms with Gasteiger partial charge in [-0.1, -0.05) is 19.4 Å². The van der Waals surface area contributed by atoms with Gasteiger partial charge in [-0.3, -0.25) is 9.79 Å². The van der Waals surface area contributed by atoms with Crippen molar-refractivity contribution >= 4 is 35.8 Å². The quantitative estimate of drug-likeness (QED) is 0.152. The van der Waals surface area contributed by atoms with Gasteiger partial charge in [-0.05, 0) is 45.4 Å². The third kappa shape index (κ3) is 9.24. The number of likely N-dealkylation sites (tertiary alicyclic amines) is 1. The van der Waals surface area contributed by atoms with Crippen molar-refractivity contribution in [3.63, 3.8) is 0 Å². The van der Waals surface area contributed by atoms with Crippen LogP contribution in [0, 0.1) is 0 Å². The van der Waals surface area contributed by atoms with Crippen LogP contribution in [0.25, 0.3) is 0 Å². The number of halogens is 1. The maximum Gasteiger partial charge on any atom is 0.222 e. The van der Waals surface area contributed by atoms with Gasteiger partial charge in [-0.15, -0.1) is 30.6 Å². The molecule has 1 unspecified atom stereocenters. The van der Waals surface area contributed by atoms with Gasteiger partial charge in [-0.25, -0.2) is 0 Å². The molecule has 152 valence electrons. The second kappa shape index (κ2) is 15.3. The fraction of sp³-hybridized carbons (Fsp3) is 0.800. The summed E-state index contributed by atoms with van der Waals surface area (Å²) < 4.78 is 0. The van der Waals surface area contributed by atoms with Crippen molar-refractivity contribution in [1.82, 2.24) is 15.1 Å². The number of aliphatic imine (C=N–C) groups is 1. The van der Waals surface area contributed by atoms with Crippen LogP contribution < -0.4 is 5.32 Å². The Hall–Kier alpha value is -0.790. The first kappa shape index (κ1) is 25.2. The highest BCUT2D eigenvalue weighted by atomic mass is 127. The van der Waals surface area contributed by atoms with Gasteiger partial charge >= 0.3 is 0 Å². The van der Waals surface area contributed by atoms with Crippen LogP contribution in [-0.2, 0) is 4.79 Å². The van der Waals surface area contributed by atoms with E-state index in [0.29, 0.717) is 11.9 Å². The number of carbonyl (C=O) groups excluding carboxylic acids is 1. The second-order valence-electron chi connectivity index (χ2n) is 6.84. The van der Waals surface area contributed by atoms with Gasteiger partial charge < -0.3 is 15.1 Å². The van der Waals surface area contributed by atoms with E-state index in [-0.39, 0.29) is 24.0 Å². The average molecular weight is 478 g/mol. The second-order valence-corrected chi connectivity index (χ2v) is 6.84. The standard InChI is InChI=1S/C20H38N4O.HI/c1-5-8-9-10-11-16-23(4)20(21-7-3)22-15-14-18(6-2)24-17-12-13-19(24)25;/h5,18H,1,6-17H2,2-4H3,(H,21,22);1H. The maximum absolute atomic E-state index is 11.9. The molecule has 0 spiro atoms. The lowest BCUT2D eigenvalue weighted by Gasteiger charge is -2.27. The summed E-state index contributed by atoms with van der Waals surface area (Å²) in [6, 6.07) is 0.339. The van der Waals surface area contributed by atoms with E-state index in [2.05, 4.69) is 42.6 Å². The summed E-state index contributed by atoms with van der Waals surface area (Å²) in [5.74, 6) is 1.30. The molecule has 0 aromatic heterocycles. The summed E-state index contributed by atoms with van der Waals surface area (Å²) in [5, 5.41) is 3.38. The number of carbonyl (C=O) groups is 1. The molecule has 1 fully saturated rings. The molecule has 0 bridgehead atoms. The molecule has 0 aliphatic carbocycles. The fourth-order valence-corrected chi connectivity index (χ4v) is 3.34. The first-order valence-electron chi connectivity index (χ1n) is 10.0. The van der Waals surface area contributed by atoms with E-state index in [1.807, 2.05) is 6.08 Å². The molecule has 1 N–H and O–H groups in total. The Kier molecular flexibility index (Phi) is 14.8. The summed E-state index contributed by atoms with van der Waals surface area (Å²) in [6.07, 6.45) is 10.4. The number of rotatable bonds is 12. The van der Waals surface area contributed by atoms with Gasteiger partial charge in [-0.2, -0.15) is 0 Å². The molecule has 1 aliphatic rings. The van der Waals surface area contributed by atoms with Crippen molar-refractivity contribution in [2.45, 2.75) is 71.3 Å². The monoisotopic (exact) mass is 478 g/mol. The van der Waals surface area contributed by atoms with Crippen LogP contribution in [0.5, 0.6) is 0 Å². The lowest BCUT2D eigenvalue weighted by Crippen LogP contribution is -2.40. The summed E-state index contributed by atoms with van der Waals surface area (Å²) in [4.78, 5) is 21.0. The number of unbranched alkanes of at least 4 members (excludes halogenated alkanes) is 3. The Morgan fingerprint density at radius 3 is 2.73 bits per heavy atom. The zero-order valence-corrected chi connectivity index (χ0v) is 19.3. The Bertz CT molecular complexity index is 428. The maximum atomic E-state index is 11.9. The van der Waals surface area contributed by atoms with Crippen LogP contribution in [0.2, 0.25) is 0 Å². The molecular formula is C20H39IN4O. The van der Waals surface area contributed by atoms with Crippen molar-refractivity contribution in [2.75, 3.05) is 33.2 Å². The molecule has 5 nitrogen and oxygen atoms in total. The van der Waals surface area contributed by atoms with Gasteiger partial charge in [0.15, 0.2) is 5.96 Å². The van der Waals surface area contributed by atoms with Crippen molar-refractivity contribution in [3.8, 4) is 0 Å². The van der Waals surface area contributed by atoms with E-state index in [0.717, 1.165) is 64.2 Å². The molecular weight excluding hydrogens is 439 g/mol. The number of amides is 1. The molecule has 1 saturated heterocycles. The topological polar surface area (TPSA) is 47.9 Å². The van der Waals surface area contributed by atoms with Crippen LogP contribution >= 0.6 is 24.0 Å². The highest BCUT2D eigenvalue weighted by molar-refractivity contribution is 14.0. The molecule has 6 heteroatoms. The Balaban J connectivity index is 0.00000625. The lowest BCUT2D eigenvalue weighted by molar-refractivity contribution is -0.129. The van der Waals surface area contributed by atoms with E-state index in [1.54, 1.807) is 0 Å². The van der Waals surface area contributed by atoms with E-state index < -0.39 is 0 Å². The number of hydrogen-bond acceptors (Lipinski definition) is 2. The predicted molar refractivity (Wildman–Crippen MR) is 122 cm³/mol. The molecule has 26 heavy (non-hydrogen) atoms. The van der Waals surface area contributed by atoms with E-state index >= 15 is 0 Å². The molecule has 0 aromatic carbocycles. The van der Waals surface area contributed by atoms with E-state index in [9.17, 15) is 4.79 Å². The summed E-state index contributed by atoms with van der Waals surface area (Å²) in [6.45, 7) is 11.6. The van der Waals surface area contributed by atoms with Gasteiger partial charge in [0.05, 0.1) is 0 Å². The van der Waals surface area contributed by atoms with Crippen LogP contribution in [0.3, 0.4) is 0 Å². The molecule has 0 aromatic rings. The zero-order chi connectivity index (χ0) is 18.5. The molecule has 1 atom stereocenters. The first-order valence-corrected chi connectivity index (χ1v) is 10.0. The Morgan fingerprint density at radius 1 is 1.38 bits per heavy atom. The van der Waals surface area contributed by atoms with Gasteiger partial charge in [0.1, 0.15) is 0 Å². The largest absolute Gasteiger partial charge is 0.357 e. The molecule has 1 heterocycles. The Morgan fingerprint density at radius 2 is 2.15 bits per heavy atom. The smallest absolute Gasteiger partial charge is 0.222 e. The zero-order valence-electron chi connectivity index (χ0n) is 17.0. The molecule has 0 saturated carbocycles. The summed E-state index contributed by atoms with van der Waals surface area (Å²) in [5.41, 5.74) is 0. The van der Waals surface area contributed by atoms with Crippen molar-refractivity contribution in [2.24, 2.45) is 4.99 Å². The number of allylic oxidation sites excluding steroid dienone is 1. The first-order chi connectivity index (χ1) is 12.1. The number of guanidine groups is 1. The van der Waals surface area contributed by atoms with Gasteiger partial charge in [0, 0.05) is 45.7 Å². The third-order valence-corrected chi connectivity index (χ3v) is 4.84. The highest BCUT2D eigenvalue weighted by Crippen LogP contribution is 2.18. The van der Waals surface area contributed by atoms with Gasteiger partial charge in [0.25, 0.3) is 0 Å². The number of hydrogen-bond donors (Lipinski definition) is 1. The molecule has 1 aliphatic heterocycles. The highest BCUT2D eigenvalue weighted by Gasteiger charge is 2.26. The number of nitrogens with one attached hydrogen (secondary N) is 1. The van der Waals surface area contributed by atoms with E-state index in [4.69, 9.17) is 4.99 Å². The predicted octanol–water partition coefficient (Wildman–Crippen LogP) is 4.04. The van der Waals surface area contributed by atoms with Gasteiger partial charge in [0.2, 0.25) is 5.91 Å². The van der Waals surface area contributed by atoms with E-state index in [1.165, 1.54) is 19.3 Å². The lowest BCUT2D eigenvalue weighted by atomic mass is 10.1. The summed E-state index contributed by atoms with van der Waals surface area (Å²) >= 11 is 0. The number of nitrogens with zero attached hydrogens (tertiary/aromatic N) is 3. The average Bonchev–Trinajstić information content (AvgIpc) is 3.03. The minimum absolute atomic E-state index is 0. The Labute approximate surface area is 177 Å². The van der Waals surface area contributed by atoms with Crippen molar-refractivity contribution in [1.29, 1.82) is 0 Å². The SMILES string of the molecule is C=CCCCCCN(C)C(=NCCC(CC)N1CCCC1=O)NCC.I. The third-order valence-electron chi connectivity index (χ3n) is 4.84. The summed E-state index contributed by atoms with van der Waals surface area (Å²) in [7, 11) is 2.11. The molecule has 0 radical (unpaired) electrons. The minimum Gasteiger partial charge on any atom is -0.357 e. The van der Waals surface area contributed by atoms with Crippen LogP contribution in [-0.4, -0.2) is 60.9 Å².